The van der Waals surface area contributed by atoms with Gasteiger partial charge in [-0.05, 0) is 44.9 Å². The Hall–Kier alpha value is -2.28. The monoisotopic (exact) mass is 393 g/mol. The molecule has 1 N–H and O–H groups in total. The Morgan fingerprint density at radius 3 is 2.50 bits per heavy atom. The van der Waals surface area contributed by atoms with Gasteiger partial charge < -0.3 is 24.3 Å². The molecule has 28 heavy (non-hydrogen) atoms. The zero-order chi connectivity index (χ0) is 20.8. The minimum absolute atomic E-state index is 0.141. The Kier molecular flexibility index (Phi) is 7.29. The van der Waals surface area contributed by atoms with E-state index in [-0.39, 0.29) is 13.2 Å². The number of carbonyl (C=O) groups is 2. The fraction of sp³-hybridized carbons (Fsp3) is 0.619. The summed E-state index contributed by atoms with van der Waals surface area (Å²) >= 11 is 0. The number of hydrogen-bond donors (Lipinski definition) is 1. The van der Waals surface area contributed by atoms with Crippen LogP contribution in [0.5, 0.6) is 5.75 Å². The highest BCUT2D eigenvalue weighted by molar-refractivity contribution is 5.78. The van der Waals surface area contributed by atoms with Crippen LogP contribution in [0.4, 0.5) is 4.79 Å². The van der Waals surface area contributed by atoms with Crippen molar-refractivity contribution < 1.29 is 28.5 Å². The van der Waals surface area contributed by atoms with E-state index in [1.54, 1.807) is 20.8 Å². The van der Waals surface area contributed by atoms with Gasteiger partial charge in [0, 0.05) is 0 Å². The average molecular weight is 393 g/mol. The quantitative estimate of drug-likeness (QED) is 0.565. The first kappa shape index (κ1) is 22.0. The van der Waals surface area contributed by atoms with E-state index in [4.69, 9.17) is 18.9 Å². The van der Waals surface area contributed by atoms with Gasteiger partial charge in [-0.15, -0.1) is 0 Å². The number of hydrogen-bond acceptors (Lipinski definition) is 6. The van der Waals surface area contributed by atoms with Crippen LogP contribution >= 0.6 is 0 Å². The number of alkyl carbamates (subject to hydrolysis) is 1. The van der Waals surface area contributed by atoms with E-state index < -0.39 is 29.1 Å². The normalized spacial score (nSPS) is 21.8. The molecule has 1 saturated heterocycles. The second-order valence-corrected chi connectivity index (χ2v) is 7.92. The Morgan fingerprint density at radius 1 is 1.25 bits per heavy atom. The lowest BCUT2D eigenvalue weighted by atomic mass is 9.80. The number of carbonyl (C=O) groups excluding carboxylic acids is 2. The molecule has 0 aliphatic carbocycles. The molecule has 0 unspecified atom stereocenters. The summed E-state index contributed by atoms with van der Waals surface area (Å²) in [6.07, 6.45) is 1.42. The maximum absolute atomic E-state index is 12.5. The SMILES string of the molecule is CCCCOc1ccc([C@]2(NC(=O)OC(C)(C)C)COC[C@H]2C(=O)OC)cc1. The molecule has 0 saturated carbocycles. The molecule has 1 aromatic rings. The summed E-state index contributed by atoms with van der Waals surface area (Å²) in [5.41, 5.74) is -1.01. The second-order valence-electron chi connectivity index (χ2n) is 7.92. The molecule has 0 spiro atoms. The number of esters is 1. The third-order valence-corrected chi connectivity index (χ3v) is 4.55. The van der Waals surface area contributed by atoms with Gasteiger partial charge in [-0.1, -0.05) is 25.5 Å². The molecular weight excluding hydrogens is 362 g/mol. The maximum atomic E-state index is 12.5. The molecule has 7 nitrogen and oxygen atoms in total. The lowest BCUT2D eigenvalue weighted by molar-refractivity contribution is -0.147. The van der Waals surface area contributed by atoms with Crippen molar-refractivity contribution in [3.8, 4) is 5.75 Å². The van der Waals surface area contributed by atoms with Gasteiger partial charge in [0.05, 0.1) is 26.9 Å². The van der Waals surface area contributed by atoms with Crippen LogP contribution < -0.4 is 10.1 Å². The van der Waals surface area contributed by atoms with Crippen LogP contribution in [0.2, 0.25) is 0 Å². The molecule has 7 heteroatoms. The summed E-state index contributed by atoms with van der Waals surface area (Å²) in [5, 5.41) is 2.87. The molecule has 2 atom stereocenters. The third kappa shape index (κ3) is 5.38. The first-order valence-corrected chi connectivity index (χ1v) is 9.62. The van der Waals surface area contributed by atoms with Crippen molar-refractivity contribution in [3.05, 3.63) is 29.8 Å². The Bertz CT molecular complexity index is 666. The summed E-state index contributed by atoms with van der Waals surface area (Å²) < 4.78 is 21.7. The number of rotatable bonds is 7. The number of nitrogens with one attached hydrogen (secondary N) is 1. The molecule has 0 bridgehead atoms. The Morgan fingerprint density at radius 2 is 1.93 bits per heavy atom. The minimum atomic E-state index is -1.07. The van der Waals surface area contributed by atoms with Gasteiger partial charge in [-0.25, -0.2) is 4.79 Å². The second kappa shape index (κ2) is 9.28. The summed E-state index contributed by atoms with van der Waals surface area (Å²) in [4.78, 5) is 24.9. The highest BCUT2D eigenvalue weighted by Crippen LogP contribution is 2.37. The molecule has 1 aromatic carbocycles. The van der Waals surface area contributed by atoms with E-state index in [9.17, 15) is 9.59 Å². The van der Waals surface area contributed by atoms with Crippen LogP contribution in [0.15, 0.2) is 24.3 Å². The Labute approximate surface area is 166 Å². The van der Waals surface area contributed by atoms with E-state index >= 15 is 0 Å². The van der Waals surface area contributed by atoms with Gasteiger partial charge in [0.25, 0.3) is 0 Å². The third-order valence-electron chi connectivity index (χ3n) is 4.55. The van der Waals surface area contributed by atoms with Crippen molar-refractivity contribution in [2.24, 2.45) is 5.92 Å². The van der Waals surface area contributed by atoms with Crippen molar-refractivity contribution in [1.29, 1.82) is 0 Å². The standard InChI is InChI=1S/C21H31NO6/c1-6-7-12-27-16-10-8-15(9-11-16)21(22-19(24)28-20(2,3)4)14-26-13-17(21)18(23)25-5/h8-11,17H,6-7,12-14H2,1-5H3,(H,22,24)/t17-,21+/m0/s1. The predicted octanol–water partition coefficient (Wildman–Crippen LogP) is 3.40. The van der Waals surface area contributed by atoms with Crippen LogP contribution in [-0.2, 0) is 24.5 Å². The topological polar surface area (TPSA) is 83.1 Å². The molecular formula is C21H31NO6. The zero-order valence-corrected chi connectivity index (χ0v) is 17.4. The van der Waals surface area contributed by atoms with Gasteiger partial charge in [0.1, 0.15) is 22.8 Å². The lowest BCUT2D eigenvalue weighted by Crippen LogP contribution is -2.54. The van der Waals surface area contributed by atoms with E-state index in [0.29, 0.717) is 6.61 Å². The average Bonchev–Trinajstić information content (AvgIpc) is 3.04. The van der Waals surface area contributed by atoms with E-state index in [1.807, 2.05) is 24.3 Å². The lowest BCUT2D eigenvalue weighted by Gasteiger charge is -2.34. The van der Waals surface area contributed by atoms with Crippen molar-refractivity contribution in [2.45, 2.75) is 51.7 Å². The molecule has 0 radical (unpaired) electrons. The van der Waals surface area contributed by atoms with Gasteiger partial charge >= 0.3 is 12.1 Å². The van der Waals surface area contributed by atoms with Gasteiger partial charge in [-0.3, -0.25) is 4.79 Å². The number of benzene rings is 1. The van der Waals surface area contributed by atoms with Crippen LogP contribution in [0.25, 0.3) is 0 Å². The van der Waals surface area contributed by atoms with Gasteiger partial charge in [-0.2, -0.15) is 0 Å². The highest BCUT2D eigenvalue weighted by Gasteiger charge is 2.51. The first-order chi connectivity index (χ1) is 13.2. The summed E-state index contributed by atoms with van der Waals surface area (Å²) in [6.45, 7) is 8.38. The van der Waals surface area contributed by atoms with Crippen LogP contribution in [0.3, 0.4) is 0 Å². The molecule has 1 aliphatic rings. The van der Waals surface area contributed by atoms with E-state index in [2.05, 4.69) is 12.2 Å². The van der Waals surface area contributed by atoms with Gasteiger partial charge in [0.15, 0.2) is 0 Å². The van der Waals surface area contributed by atoms with Gasteiger partial charge in [0.2, 0.25) is 0 Å². The summed E-state index contributed by atoms with van der Waals surface area (Å²) in [6, 6.07) is 7.33. The first-order valence-electron chi connectivity index (χ1n) is 9.62. The molecule has 0 aromatic heterocycles. The van der Waals surface area contributed by atoms with Crippen molar-refractivity contribution >= 4 is 12.1 Å². The molecule has 1 amide bonds. The molecule has 1 fully saturated rings. The highest BCUT2D eigenvalue weighted by atomic mass is 16.6. The zero-order valence-electron chi connectivity index (χ0n) is 17.4. The summed E-state index contributed by atoms with van der Waals surface area (Å²) in [7, 11) is 1.32. The molecule has 1 aliphatic heterocycles. The van der Waals surface area contributed by atoms with Crippen molar-refractivity contribution in [1.82, 2.24) is 5.32 Å². The van der Waals surface area contributed by atoms with Crippen LogP contribution in [0.1, 0.15) is 46.1 Å². The fourth-order valence-corrected chi connectivity index (χ4v) is 3.14. The fourth-order valence-electron chi connectivity index (χ4n) is 3.14. The van der Waals surface area contributed by atoms with E-state index in [1.165, 1.54) is 7.11 Å². The number of ether oxygens (including phenoxy) is 4. The Balaban J connectivity index is 2.30. The van der Waals surface area contributed by atoms with E-state index in [0.717, 1.165) is 24.2 Å². The summed E-state index contributed by atoms with van der Waals surface area (Å²) in [5.74, 6) is -0.396. The smallest absolute Gasteiger partial charge is 0.408 e. The largest absolute Gasteiger partial charge is 0.494 e. The van der Waals surface area contributed by atoms with Crippen molar-refractivity contribution in [3.63, 3.8) is 0 Å². The van der Waals surface area contributed by atoms with Crippen molar-refractivity contribution in [2.75, 3.05) is 26.9 Å². The minimum Gasteiger partial charge on any atom is -0.494 e. The maximum Gasteiger partial charge on any atom is 0.408 e. The molecule has 2 rings (SSSR count). The molecule has 1 heterocycles. The van der Waals surface area contributed by atoms with Crippen LogP contribution in [-0.4, -0.2) is 44.6 Å². The van der Waals surface area contributed by atoms with Crippen LogP contribution in [0, 0.1) is 5.92 Å². The number of methoxy groups -OCH3 is 1. The predicted molar refractivity (Wildman–Crippen MR) is 104 cm³/mol. The molecule has 156 valence electrons. The number of unbranched alkanes of at least 4 members (excludes halogenated alkanes) is 1. The number of amides is 1.